The number of rotatable bonds is 3. The molecule has 0 spiro atoms. The summed E-state index contributed by atoms with van der Waals surface area (Å²) in [5.41, 5.74) is 8.13. The van der Waals surface area contributed by atoms with Crippen LogP contribution in [0.3, 0.4) is 0 Å². The number of thiocarbonyl (C=S) groups is 1. The van der Waals surface area contributed by atoms with Crippen LogP contribution in [0.25, 0.3) is 0 Å². The van der Waals surface area contributed by atoms with Crippen LogP contribution in [0.1, 0.15) is 37.8 Å². The van der Waals surface area contributed by atoms with E-state index in [0.29, 0.717) is 16.4 Å². The van der Waals surface area contributed by atoms with Crippen molar-refractivity contribution in [2.75, 3.05) is 5.32 Å². The van der Waals surface area contributed by atoms with Gasteiger partial charge in [-0.3, -0.25) is 5.43 Å². The number of hydrogen-bond acceptors (Lipinski definition) is 2. The molecule has 4 rings (SSSR count). The maximum atomic E-state index is 5.35. The van der Waals surface area contributed by atoms with Crippen LogP contribution in [-0.2, 0) is 0 Å². The van der Waals surface area contributed by atoms with Crippen LogP contribution in [0.5, 0.6) is 0 Å². The van der Waals surface area contributed by atoms with Crippen LogP contribution in [0.4, 0.5) is 5.69 Å². The molecule has 3 aliphatic rings. The molecule has 23 heavy (non-hydrogen) atoms. The van der Waals surface area contributed by atoms with E-state index in [4.69, 9.17) is 12.2 Å². The molecule has 122 valence electrons. The lowest BCUT2D eigenvalue weighted by Gasteiger charge is -2.55. The van der Waals surface area contributed by atoms with Crippen molar-refractivity contribution < 1.29 is 0 Å². The largest absolute Gasteiger partial charge is 0.331 e. The number of benzene rings is 1. The lowest BCUT2D eigenvalue weighted by atomic mass is 9.49. The van der Waals surface area contributed by atoms with Crippen molar-refractivity contribution in [3.63, 3.8) is 0 Å². The second-order valence-corrected chi connectivity index (χ2v) is 7.75. The lowest BCUT2D eigenvalue weighted by Crippen LogP contribution is -2.48. The first kappa shape index (κ1) is 16.2. The number of anilines is 1. The van der Waals surface area contributed by atoms with Gasteiger partial charge in [-0.05, 0) is 72.9 Å². The normalized spacial score (nSPS) is 24.8. The third kappa shape index (κ3) is 3.05. The highest BCUT2D eigenvalue weighted by Gasteiger charge is 2.50. The second-order valence-electron chi connectivity index (χ2n) is 7.34. The summed E-state index contributed by atoms with van der Waals surface area (Å²) in [6, 6.07) is 6.19. The minimum atomic E-state index is 0.424. The molecule has 2 N–H and O–H groups in total. The van der Waals surface area contributed by atoms with Crippen LogP contribution in [0, 0.1) is 31.1 Å². The van der Waals surface area contributed by atoms with Crippen molar-refractivity contribution in [2.24, 2.45) is 22.4 Å². The molecule has 4 heteroatoms. The molecule has 0 saturated heterocycles. The van der Waals surface area contributed by atoms with Crippen LogP contribution >= 0.6 is 12.2 Å². The minimum Gasteiger partial charge on any atom is -0.331 e. The van der Waals surface area contributed by atoms with Crippen LogP contribution < -0.4 is 10.7 Å². The van der Waals surface area contributed by atoms with E-state index in [-0.39, 0.29) is 0 Å². The van der Waals surface area contributed by atoms with Crippen molar-refractivity contribution in [3.05, 3.63) is 41.0 Å². The van der Waals surface area contributed by atoms with Gasteiger partial charge in [0.05, 0.1) is 6.21 Å². The van der Waals surface area contributed by atoms with Gasteiger partial charge in [-0.1, -0.05) is 38.1 Å². The predicted octanol–water partition coefficient (Wildman–Crippen LogP) is 4.57. The fraction of sp³-hybridized carbons (Fsp3) is 0.474. The summed E-state index contributed by atoms with van der Waals surface area (Å²) in [6.07, 6.45) is 6.75. The van der Waals surface area contributed by atoms with Gasteiger partial charge in [0.2, 0.25) is 0 Å². The molecule has 0 amide bonds. The Kier molecular flexibility index (Phi) is 4.28. The van der Waals surface area contributed by atoms with E-state index in [0.717, 1.165) is 11.6 Å². The molecule has 1 fully saturated rings. The Labute approximate surface area is 144 Å². The van der Waals surface area contributed by atoms with Gasteiger partial charge >= 0.3 is 0 Å². The first-order valence-corrected chi connectivity index (χ1v) is 8.66. The van der Waals surface area contributed by atoms with Crippen LogP contribution in [0.2, 0.25) is 0 Å². The summed E-state index contributed by atoms with van der Waals surface area (Å²) >= 11 is 5.35. The molecule has 2 atom stereocenters. The van der Waals surface area contributed by atoms with Gasteiger partial charge in [-0.15, -0.1) is 0 Å². The smallest absolute Gasteiger partial charge is 0.191 e. The predicted molar refractivity (Wildman–Crippen MR) is 102 cm³/mol. The highest BCUT2D eigenvalue weighted by Crippen LogP contribution is 2.58. The van der Waals surface area contributed by atoms with E-state index in [2.05, 4.69) is 61.7 Å². The van der Waals surface area contributed by atoms with Crippen molar-refractivity contribution >= 4 is 29.2 Å². The summed E-state index contributed by atoms with van der Waals surface area (Å²) in [4.78, 5) is 0. The topological polar surface area (TPSA) is 36.4 Å². The first-order chi connectivity index (χ1) is 10.9. The standard InChI is InChI=1S/C19H25N3S/c1-12-6-5-7-13(2)17(12)21-18(23)22-20-11-14-8-9-15-10-16(14)19(15,3)4/h5-8,11,15-16H,9-10H2,1-4H3,(H2,21,22,23). The lowest BCUT2D eigenvalue weighted by molar-refractivity contribution is -0.00126. The van der Waals surface area contributed by atoms with E-state index in [1.165, 1.54) is 29.5 Å². The van der Waals surface area contributed by atoms with Gasteiger partial charge in [0.25, 0.3) is 0 Å². The number of nitrogens with zero attached hydrogens (tertiary/aromatic N) is 1. The zero-order valence-electron chi connectivity index (χ0n) is 14.3. The van der Waals surface area contributed by atoms with Crippen molar-refractivity contribution in [3.8, 4) is 0 Å². The Morgan fingerprint density at radius 1 is 1.30 bits per heavy atom. The van der Waals surface area contributed by atoms with Gasteiger partial charge in [0.15, 0.2) is 5.11 Å². The monoisotopic (exact) mass is 327 g/mol. The molecule has 0 aromatic heterocycles. The Morgan fingerprint density at radius 2 is 2.00 bits per heavy atom. The third-order valence-corrected chi connectivity index (χ3v) is 5.80. The molecule has 1 aromatic carbocycles. The molecule has 1 aromatic rings. The van der Waals surface area contributed by atoms with Gasteiger partial charge < -0.3 is 5.32 Å². The second kappa shape index (κ2) is 6.08. The number of aryl methyl sites for hydroxylation is 2. The minimum absolute atomic E-state index is 0.424. The SMILES string of the molecule is Cc1cccc(C)c1NC(=S)NN=CC1=CCC2CC1C2(C)C. The van der Waals surface area contributed by atoms with Crippen molar-refractivity contribution in [1.82, 2.24) is 5.43 Å². The summed E-state index contributed by atoms with van der Waals surface area (Å²) < 4.78 is 0. The number of para-hydroxylation sites is 1. The number of fused-ring (bicyclic) bond motifs is 1. The number of allylic oxidation sites excluding steroid dienone is 2. The Bertz CT molecular complexity index is 668. The number of hydrazone groups is 1. The molecule has 2 unspecified atom stereocenters. The fourth-order valence-corrected chi connectivity index (χ4v) is 4.02. The first-order valence-electron chi connectivity index (χ1n) is 8.26. The van der Waals surface area contributed by atoms with E-state index in [9.17, 15) is 0 Å². The van der Waals surface area contributed by atoms with Gasteiger partial charge in [-0.25, -0.2) is 0 Å². The van der Waals surface area contributed by atoms with E-state index >= 15 is 0 Å². The quantitative estimate of drug-likeness (QED) is 0.485. The van der Waals surface area contributed by atoms with Crippen LogP contribution in [0.15, 0.2) is 34.9 Å². The summed E-state index contributed by atoms with van der Waals surface area (Å²) in [7, 11) is 0. The van der Waals surface area contributed by atoms with Crippen molar-refractivity contribution in [2.45, 2.75) is 40.5 Å². The van der Waals surface area contributed by atoms with E-state index in [1.807, 2.05) is 12.3 Å². The van der Waals surface area contributed by atoms with E-state index in [1.54, 1.807) is 0 Å². The molecule has 3 aliphatic carbocycles. The number of nitrogens with one attached hydrogen (secondary N) is 2. The Balaban J connectivity index is 1.58. The Morgan fingerprint density at radius 3 is 2.61 bits per heavy atom. The Hall–Kier alpha value is -1.68. The van der Waals surface area contributed by atoms with Gasteiger partial charge in [0, 0.05) is 5.69 Å². The van der Waals surface area contributed by atoms with E-state index < -0.39 is 0 Å². The molecule has 0 radical (unpaired) electrons. The average molecular weight is 327 g/mol. The van der Waals surface area contributed by atoms with Crippen molar-refractivity contribution in [1.29, 1.82) is 0 Å². The third-order valence-electron chi connectivity index (χ3n) is 5.61. The zero-order chi connectivity index (χ0) is 16.6. The molecule has 2 bridgehead atoms. The van der Waals surface area contributed by atoms with Crippen LogP contribution in [-0.4, -0.2) is 11.3 Å². The summed E-state index contributed by atoms with van der Waals surface area (Å²) in [6.45, 7) is 8.88. The molecular formula is C19H25N3S. The highest BCUT2D eigenvalue weighted by molar-refractivity contribution is 7.80. The maximum absolute atomic E-state index is 5.35. The van der Waals surface area contributed by atoms with Gasteiger partial charge in [0.1, 0.15) is 0 Å². The molecular weight excluding hydrogens is 302 g/mol. The summed E-state index contributed by atoms with van der Waals surface area (Å²) in [5, 5.41) is 8.11. The highest BCUT2D eigenvalue weighted by atomic mass is 32.1. The molecule has 1 saturated carbocycles. The molecule has 0 heterocycles. The average Bonchev–Trinajstić information content (AvgIpc) is 2.51. The molecule has 0 aliphatic heterocycles. The fourth-order valence-electron chi connectivity index (χ4n) is 3.86. The zero-order valence-corrected chi connectivity index (χ0v) is 15.1. The summed E-state index contributed by atoms with van der Waals surface area (Å²) in [5.74, 6) is 1.50. The maximum Gasteiger partial charge on any atom is 0.191 e. The van der Waals surface area contributed by atoms with Gasteiger partial charge in [-0.2, -0.15) is 5.10 Å². The molecule has 3 nitrogen and oxygen atoms in total. The number of hydrogen-bond donors (Lipinski definition) is 2.